The number of anilines is 1. The molecule has 1 aromatic carbocycles. The molecular formula is C15H24N2O. The van der Waals surface area contributed by atoms with Crippen LogP contribution < -0.4 is 10.6 Å². The number of hydrogen-bond acceptors (Lipinski definition) is 1. The maximum atomic E-state index is 11.9. The van der Waals surface area contributed by atoms with E-state index in [0.29, 0.717) is 0 Å². The highest BCUT2D eigenvalue weighted by atomic mass is 16.2. The highest BCUT2D eigenvalue weighted by molar-refractivity contribution is 5.89. The van der Waals surface area contributed by atoms with Crippen LogP contribution in [0.25, 0.3) is 0 Å². The predicted molar refractivity (Wildman–Crippen MR) is 76.8 cm³/mol. The number of urea groups is 1. The first-order valence-electron chi connectivity index (χ1n) is 6.74. The first-order valence-corrected chi connectivity index (χ1v) is 6.74. The minimum atomic E-state index is -0.123. The van der Waals surface area contributed by atoms with Gasteiger partial charge in [0, 0.05) is 11.2 Å². The number of benzene rings is 1. The van der Waals surface area contributed by atoms with Gasteiger partial charge in [-0.3, -0.25) is 0 Å². The average Bonchev–Trinajstić information content (AvgIpc) is 2.37. The second-order valence-corrected chi connectivity index (χ2v) is 4.96. The predicted octanol–water partition coefficient (Wildman–Crippen LogP) is 4.17. The molecule has 0 bridgehead atoms. The lowest BCUT2D eigenvalue weighted by molar-refractivity contribution is 0.233. The topological polar surface area (TPSA) is 41.1 Å². The molecule has 1 aromatic rings. The van der Waals surface area contributed by atoms with E-state index in [1.165, 1.54) is 0 Å². The summed E-state index contributed by atoms with van der Waals surface area (Å²) in [6, 6.07) is 9.39. The summed E-state index contributed by atoms with van der Waals surface area (Å²) in [7, 11) is 0. The Balaban J connectivity index is 2.52. The molecule has 0 radical (unpaired) electrons. The average molecular weight is 248 g/mol. The highest BCUT2D eigenvalue weighted by Crippen LogP contribution is 2.18. The molecule has 2 amide bonds. The van der Waals surface area contributed by atoms with E-state index in [1.807, 2.05) is 30.3 Å². The quantitative estimate of drug-likeness (QED) is 0.779. The summed E-state index contributed by atoms with van der Waals surface area (Å²) in [5.74, 6) is 0. The second-order valence-electron chi connectivity index (χ2n) is 4.96. The summed E-state index contributed by atoms with van der Waals surface area (Å²) >= 11 is 0. The van der Waals surface area contributed by atoms with E-state index in [-0.39, 0.29) is 11.6 Å². The van der Waals surface area contributed by atoms with Gasteiger partial charge in [-0.25, -0.2) is 4.79 Å². The number of carbonyl (C=O) groups is 1. The number of carbonyl (C=O) groups excluding carboxylic acids is 1. The van der Waals surface area contributed by atoms with Crippen LogP contribution in [0.2, 0.25) is 0 Å². The molecule has 100 valence electrons. The molecule has 0 aliphatic carbocycles. The molecular weight excluding hydrogens is 224 g/mol. The molecule has 1 atom stereocenters. The Morgan fingerprint density at radius 3 is 2.44 bits per heavy atom. The van der Waals surface area contributed by atoms with E-state index in [2.05, 4.69) is 31.4 Å². The Labute approximate surface area is 110 Å². The van der Waals surface area contributed by atoms with Crippen LogP contribution in [0.5, 0.6) is 0 Å². The monoisotopic (exact) mass is 248 g/mol. The van der Waals surface area contributed by atoms with Gasteiger partial charge in [0.2, 0.25) is 0 Å². The fourth-order valence-corrected chi connectivity index (χ4v) is 1.85. The number of amides is 2. The second kappa shape index (κ2) is 7.04. The molecule has 3 nitrogen and oxygen atoms in total. The molecule has 0 spiro atoms. The van der Waals surface area contributed by atoms with Crippen molar-refractivity contribution in [2.75, 3.05) is 5.32 Å². The van der Waals surface area contributed by atoms with Crippen LogP contribution in [0.4, 0.5) is 10.5 Å². The van der Waals surface area contributed by atoms with Gasteiger partial charge in [0.1, 0.15) is 0 Å². The van der Waals surface area contributed by atoms with Crippen LogP contribution in [0.1, 0.15) is 46.5 Å². The zero-order valence-electron chi connectivity index (χ0n) is 11.6. The Morgan fingerprint density at radius 1 is 1.22 bits per heavy atom. The molecule has 0 aliphatic heterocycles. The molecule has 1 rings (SSSR count). The maximum Gasteiger partial charge on any atom is 0.319 e. The molecule has 0 saturated carbocycles. The van der Waals surface area contributed by atoms with E-state index in [9.17, 15) is 4.79 Å². The standard InChI is InChI=1S/C15H24N2O/c1-4-6-12-15(3,5-2)17-14(18)16-13-10-8-7-9-11-13/h7-11H,4-6,12H2,1-3H3,(H2,16,17,18). The van der Waals surface area contributed by atoms with Gasteiger partial charge >= 0.3 is 6.03 Å². The normalized spacial score (nSPS) is 13.7. The Morgan fingerprint density at radius 2 is 1.89 bits per heavy atom. The van der Waals surface area contributed by atoms with Crippen molar-refractivity contribution < 1.29 is 4.79 Å². The SMILES string of the molecule is CCCCC(C)(CC)NC(=O)Nc1ccccc1. The summed E-state index contributed by atoms with van der Waals surface area (Å²) in [6.45, 7) is 6.38. The number of rotatable bonds is 6. The van der Waals surface area contributed by atoms with Crippen LogP contribution in [-0.2, 0) is 0 Å². The fourth-order valence-electron chi connectivity index (χ4n) is 1.85. The zero-order chi connectivity index (χ0) is 13.4. The molecule has 0 aliphatic rings. The van der Waals surface area contributed by atoms with Gasteiger partial charge in [-0.2, -0.15) is 0 Å². The fraction of sp³-hybridized carbons (Fsp3) is 0.533. The number of para-hydroxylation sites is 1. The molecule has 0 heterocycles. The van der Waals surface area contributed by atoms with E-state index >= 15 is 0 Å². The minimum Gasteiger partial charge on any atom is -0.333 e. The molecule has 3 heteroatoms. The van der Waals surface area contributed by atoms with Crippen molar-refractivity contribution in [1.29, 1.82) is 0 Å². The van der Waals surface area contributed by atoms with Crippen molar-refractivity contribution in [1.82, 2.24) is 5.32 Å². The zero-order valence-corrected chi connectivity index (χ0v) is 11.6. The minimum absolute atomic E-state index is 0.116. The van der Waals surface area contributed by atoms with E-state index in [4.69, 9.17) is 0 Å². The molecule has 2 N–H and O–H groups in total. The number of nitrogens with one attached hydrogen (secondary N) is 2. The third-order valence-electron chi connectivity index (χ3n) is 3.31. The molecule has 0 aromatic heterocycles. The largest absolute Gasteiger partial charge is 0.333 e. The maximum absolute atomic E-state index is 11.9. The summed E-state index contributed by atoms with van der Waals surface area (Å²) in [5.41, 5.74) is 0.707. The van der Waals surface area contributed by atoms with Crippen molar-refractivity contribution in [2.45, 2.75) is 52.0 Å². The van der Waals surface area contributed by atoms with Gasteiger partial charge < -0.3 is 10.6 Å². The Bertz CT molecular complexity index is 364. The first kappa shape index (κ1) is 14.6. The molecule has 0 fully saturated rings. The van der Waals surface area contributed by atoms with Gasteiger partial charge in [0.15, 0.2) is 0 Å². The van der Waals surface area contributed by atoms with E-state index < -0.39 is 0 Å². The summed E-state index contributed by atoms with van der Waals surface area (Å²) in [5, 5.41) is 5.93. The van der Waals surface area contributed by atoms with Crippen molar-refractivity contribution in [3.63, 3.8) is 0 Å². The van der Waals surface area contributed by atoms with Crippen molar-refractivity contribution in [2.24, 2.45) is 0 Å². The number of hydrogen-bond donors (Lipinski definition) is 2. The van der Waals surface area contributed by atoms with Crippen LogP contribution in [0.15, 0.2) is 30.3 Å². The molecule has 0 saturated heterocycles. The van der Waals surface area contributed by atoms with Gasteiger partial charge in [0.05, 0.1) is 0 Å². The third kappa shape index (κ3) is 4.78. The van der Waals surface area contributed by atoms with Crippen LogP contribution >= 0.6 is 0 Å². The van der Waals surface area contributed by atoms with Gasteiger partial charge in [0.25, 0.3) is 0 Å². The summed E-state index contributed by atoms with van der Waals surface area (Å²) < 4.78 is 0. The van der Waals surface area contributed by atoms with Gasteiger partial charge in [-0.1, -0.05) is 44.9 Å². The van der Waals surface area contributed by atoms with Crippen molar-refractivity contribution >= 4 is 11.7 Å². The lowest BCUT2D eigenvalue weighted by atomic mass is 9.92. The number of unbranched alkanes of at least 4 members (excludes halogenated alkanes) is 1. The summed E-state index contributed by atoms with van der Waals surface area (Å²) in [6.07, 6.45) is 4.24. The van der Waals surface area contributed by atoms with E-state index in [0.717, 1.165) is 31.4 Å². The van der Waals surface area contributed by atoms with Crippen molar-refractivity contribution in [3.8, 4) is 0 Å². The first-order chi connectivity index (χ1) is 8.59. The van der Waals surface area contributed by atoms with E-state index in [1.54, 1.807) is 0 Å². The lowest BCUT2D eigenvalue weighted by Gasteiger charge is -2.29. The summed E-state index contributed by atoms with van der Waals surface area (Å²) in [4.78, 5) is 11.9. The third-order valence-corrected chi connectivity index (χ3v) is 3.31. The van der Waals surface area contributed by atoms with Crippen LogP contribution in [0.3, 0.4) is 0 Å². The van der Waals surface area contributed by atoms with Crippen LogP contribution in [0, 0.1) is 0 Å². The van der Waals surface area contributed by atoms with Crippen LogP contribution in [-0.4, -0.2) is 11.6 Å². The Kier molecular flexibility index (Phi) is 5.69. The molecule has 18 heavy (non-hydrogen) atoms. The lowest BCUT2D eigenvalue weighted by Crippen LogP contribution is -2.47. The van der Waals surface area contributed by atoms with Gasteiger partial charge in [-0.15, -0.1) is 0 Å². The Hall–Kier alpha value is -1.51. The smallest absolute Gasteiger partial charge is 0.319 e. The molecule has 1 unspecified atom stereocenters. The highest BCUT2D eigenvalue weighted by Gasteiger charge is 2.23. The van der Waals surface area contributed by atoms with Gasteiger partial charge in [-0.05, 0) is 31.9 Å². The van der Waals surface area contributed by atoms with Crippen molar-refractivity contribution in [3.05, 3.63) is 30.3 Å².